The van der Waals surface area contributed by atoms with E-state index in [0.717, 1.165) is 6.42 Å². The van der Waals surface area contributed by atoms with Crippen molar-refractivity contribution in [3.63, 3.8) is 0 Å². The quantitative estimate of drug-likeness (QED) is 0.634. The lowest BCUT2D eigenvalue weighted by Crippen LogP contribution is -2.40. The molecule has 0 aromatic rings. The summed E-state index contributed by atoms with van der Waals surface area (Å²) in [7, 11) is 0. The summed E-state index contributed by atoms with van der Waals surface area (Å²) in [6, 6.07) is -0.00213. The van der Waals surface area contributed by atoms with E-state index in [1.54, 1.807) is 0 Å². The van der Waals surface area contributed by atoms with Crippen LogP contribution in [0.3, 0.4) is 0 Å². The van der Waals surface area contributed by atoms with Crippen LogP contribution in [0.4, 0.5) is 0 Å². The van der Waals surface area contributed by atoms with Crippen LogP contribution in [0.15, 0.2) is 0 Å². The number of hydrogen-bond donors (Lipinski definition) is 2. The van der Waals surface area contributed by atoms with Gasteiger partial charge >= 0.3 is 0 Å². The molecule has 0 spiro atoms. The maximum Gasteiger partial charge on any atom is 0.166 e. The summed E-state index contributed by atoms with van der Waals surface area (Å²) >= 11 is 0. The first kappa shape index (κ1) is 9.68. The zero-order valence-corrected chi connectivity index (χ0v) is 7.71. The minimum absolute atomic E-state index is 0.00213. The molecule has 1 aliphatic carbocycles. The fourth-order valence-electron chi connectivity index (χ4n) is 1.82. The van der Waals surface area contributed by atoms with Gasteiger partial charge in [-0.25, -0.2) is 0 Å². The summed E-state index contributed by atoms with van der Waals surface area (Å²) in [6.07, 6.45) is 1.73. The van der Waals surface area contributed by atoms with Crippen molar-refractivity contribution in [2.45, 2.75) is 44.8 Å². The molecule has 0 heterocycles. The Hall–Kier alpha value is -0.410. The number of ketones is 1. The van der Waals surface area contributed by atoms with Gasteiger partial charge in [0, 0.05) is 12.0 Å². The minimum Gasteiger partial charge on any atom is -0.382 e. The average Bonchev–Trinajstić information content (AvgIpc) is 2.31. The zero-order chi connectivity index (χ0) is 9.35. The molecule has 0 bridgehead atoms. The van der Waals surface area contributed by atoms with E-state index in [2.05, 4.69) is 0 Å². The van der Waals surface area contributed by atoms with Gasteiger partial charge < -0.3 is 10.8 Å². The summed E-state index contributed by atoms with van der Waals surface area (Å²) in [4.78, 5) is 11.5. The van der Waals surface area contributed by atoms with E-state index in [-0.39, 0.29) is 17.7 Å². The normalized spacial score (nSPS) is 35.9. The standard InChI is InChI=1S/C9H17NO2/c1-6(2)8(11)9(12)4-3-7(10)5-9/h6-7,12H,3-5,10H2,1-2H3. The Labute approximate surface area is 72.9 Å². The Morgan fingerprint density at radius 3 is 2.58 bits per heavy atom. The van der Waals surface area contributed by atoms with E-state index in [4.69, 9.17) is 5.73 Å². The number of hydrogen-bond acceptors (Lipinski definition) is 3. The van der Waals surface area contributed by atoms with Crippen molar-refractivity contribution in [2.24, 2.45) is 11.7 Å². The van der Waals surface area contributed by atoms with E-state index in [1.807, 2.05) is 13.8 Å². The predicted octanol–water partition coefficient (Wildman–Crippen LogP) is 0.454. The van der Waals surface area contributed by atoms with Crippen molar-refractivity contribution >= 4 is 5.78 Å². The molecule has 0 aliphatic heterocycles. The Kier molecular flexibility index (Phi) is 2.54. The molecule has 2 unspecified atom stereocenters. The summed E-state index contributed by atoms with van der Waals surface area (Å²) in [5.41, 5.74) is 4.52. The molecule has 0 aromatic heterocycles. The second-order valence-electron chi connectivity index (χ2n) is 4.05. The molecule has 0 saturated heterocycles. The highest BCUT2D eigenvalue weighted by Crippen LogP contribution is 2.31. The van der Waals surface area contributed by atoms with Gasteiger partial charge in [0.25, 0.3) is 0 Å². The number of carbonyl (C=O) groups excluding carboxylic acids is 1. The predicted molar refractivity (Wildman–Crippen MR) is 46.6 cm³/mol. The third-order valence-electron chi connectivity index (χ3n) is 2.51. The molecular weight excluding hydrogens is 154 g/mol. The SMILES string of the molecule is CC(C)C(=O)C1(O)CCC(N)C1. The van der Waals surface area contributed by atoms with Gasteiger partial charge in [-0.15, -0.1) is 0 Å². The lowest BCUT2D eigenvalue weighted by Gasteiger charge is -2.22. The van der Waals surface area contributed by atoms with Crippen LogP contribution in [0.25, 0.3) is 0 Å². The van der Waals surface area contributed by atoms with Crippen LogP contribution in [0, 0.1) is 5.92 Å². The van der Waals surface area contributed by atoms with E-state index < -0.39 is 5.60 Å². The first-order valence-corrected chi connectivity index (χ1v) is 4.48. The van der Waals surface area contributed by atoms with Gasteiger partial charge in [-0.1, -0.05) is 13.8 Å². The smallest absolute Gasteiger partial charge is 0.166 e. The fraction of sp³-hybridized carbons (Fsp3) is 0.889. The number of aliphatic hydroxyl groups is 1. The molecule has 3 N–H and O–H groups in total. The fourth-order valence-corrected chi connectivity index (χ4v) is 1.82. The van der Waals surface area contributed by atoms with E-state index >= 15 is 0 Å². The van der Waals surface area contributed by atoms with Crippen LogP contribution in [0.2, 0.25) is 0 Å². The topological polar surface area (TPSA) is 63.3 Å². The molecule has 0 aromatic carbocycles. The van der Waals surface area contributed by atoms with Crippen molar-refractivity contribution in [3.8, 4) is 0 Å². The Balaban J connectivity index is 2.67. The van der Waals surface area contributed by atoms with E-state index in [0.29, 0.717) is 12.8 Å². The summed E-state index contributed by atoms with van der Waals surface area (Å²) in [6.45, 7) is 3.62. The summed E-state index contributed by atoms with van der Waals surface area (Å²) < 4.78 is 0. The number of nitrogens with two attached hydrogens (primary N) is 1. The molecule has 1 aliphatic rings. The molecular formula is C9H17NO2. The Morgan fingerprint density at radius 1 is 1.67 bits per heavy atom. The molecule has 1 rings (SSSR count). The van der Waals surface area contributed by atoms with Crippen molar-refractivity contribution in [1.82, 2.24) is 0 Å². The van der Waals surface area contributed by atoms with E-state index in [1.165, 1.54) is 0 Å². The molecule has 2 atom stereocenters. The minimum atomic E-state index is -1.12. The second kappa shape index (κ2) is 3.15. The molecule has 0 amide bonds. The number of Topliss-reactive ketones (excluding diaryl/α,β-unsaturated/α-hetero) is 1. The Bertz CT molecular complexity index is 191. The number of carbonyl (C=O) groups is 1. The highest BCUT2D eigenvalue weighted by molar-refractivity contribution is 5.89. The van der Waals surface area contributed by atoms with Gasteiger partial charge in [-0.05, 0) is 19.3 Å². The molecule has 0 radical (unpaired) electrons. The van der Waals surface area contributed by atoms with Gasteiger partial charge in [0.2, 0.25) is 0 Å². The first-order chi connectivity index (χ1) is 5.46. The molecule has 12 heavy (non-hydrogen) atoms. The highest BCUT2D eigenvalue weighted by Gasteiger charge is 2.42. The monoisotopic (exact) mass is 171 g/mol. The van der Waals surface area contributed by atoms with Crippen molar-refractivity contribution in [1.29, 1.82) is 0 Å². The van der Waals surface area contributed by atoms with Crippen LogP contribution in [-0.2, 0) is 4.79 Å². The van der Waals surface area contributed by atoms with Gasteiger partial charge in [0.15, 0.2) is 5.78 Å². The molecule has 3 heteroatoms. The van der Waals surface area contributed by atoms with E-state index in [9.17, 15) is 9.90 Å². The van der Waals surface area contributed by atoms with Crippen LogP contribution in [0.5, 0.6) is 0 Å². The van der Waals surface area contributed by atoms with Crippen molar-refractivity contribution < 1.29 is 9.90 Å². The third kappa shape index (κ3) is 1.67. The third-order valence-corrected chi connectivity index (χ3v) is 2.51. The Morgan fingerprint density at radius 2 is 2.25 bits per heavy atom. The van der Waals surface area contributed by atoms with Crippen LogP contribution < -0.4 is 5.73 Å². The lowest BCUT2D eigenvalue weighted by atomic mass is 9.89. The second-order valence-corrected chi connectivity index (χ2v) is 4.05. The largest absolute Gasteiger partial charge is 0.382 e. The first-order valence-electron chi connectivity index (χ1n) is 4.48. The van der Waals surface area contributed by atoms with Crippen molar-refractivity contribution in [3.05, 3.63) is 0 Å². The average molecular weight is 171 g/mol. The molecule has 1 saturated carbocycles. The van der Waals surface area contributed by atoms with Gasteiger partial charge in [-0.2, -0.15) is 0 Å². The summed E-state index contributed by atoms with van der Waals surface area (Å²) in [5.74, 6) is -0.157. The van der Waals surface area contributed by atoms with Crippen LogP contribution in [0.1, 0.15) is 33.1 Å². The van der Waals surface area contributed by atoms with Crippen LogP contribution >= 0.6 is 0 Å². The summed E-state index contributed by atoms with van der Waals surface area (Å²) in [5, 5.41) is 9.87. The van der Waals surface area contributed by atoms with Crippen molar-refractivity contribution in [2.75, 3.05) is 0 Å². The molecule has 1 fully saturated rings. The maximum atomic E-state index is 11.5. The molecule has 70 valence electrons. The highest BCUT2D eigenvalue weighted by atomic mass is 16.3. The maximum absolute atomic E-state index is 11.5. The zero-order valence-electron chi connectivity index (χ0n) is 7.71. The van der Waals surface area contributed by atoms with Gasteiger partial charge in [0.1, 0.15) is 5.60 Å². The molecule has 3 nitrogen and oxygen atoms in total. The van der Waals surface area contributed by atoms with Gasteiger partial charge in [0.05, 0.1) is 0 Å². The van der Waals surface area contributed by atoms with Gasteiger partial charge in [-0.3, -0.25) is 4.79 Å². The number of rotatable bonds is 2. The van der Waals surface area contributed by atoms with Crippen LogP contribution in [-0.4, -0.2) is 22.5 Å². The lowest BCUT2D eigenvalue weighted by molar-refractivity contribution is -0.140.